The lowest BCUT2D eigenvalue weighted by atomic mass is 9.74. The van der Waals surface area contributed by atoms with E-state index in [1.54, 1.807) is 0 Å². The quantitative estimate of drug-likeness (QED) is 0.675. The SMILES string of the molecule is CS(=O)(=O)N1CCC(C(=O)NC(c2c(F)ccc(Cl)c2F)C23CCC(F)(CC2)C3)C1. The van der Waals surface area contributed by atoms with Crippen LogP contribution in [-0.4, -0.2) is 43.6 Å². The van der Waals surface area contributed by atoms with Crippen LogP contribution in [0.4, 0.5) is 13.2 Å². The first-order chi connectivity index (χ1) is 13.9. The Kier molecular flexibility index (Phi) is 5.38. The highest BCUT2D eigenvalue weighted by atomic mass is 35.5. The molecular formula is C20H24ClF3N2O3S. The molecule has 10 heteroatoms. The Morgan fingerprint density at radius 2 is 1.93 bits per heavy atom. The molecule has 2 bridgehead atoms. The normalized spacial score (nSPS) is 32.5. The zero-order chi connectivity index (χ0) is 21.9. The number of amides is 1. The van der Waals surface area contributed by atoms with E-state index in [4.69, 9.17) is 11.6 Å². The average molecular weight is 465 g/mol. The van der Waals surface area contributed by atoms with Crippen molar-refractivity contribution in [2.45, 2.75) is 50.2 Å². The standard InChI is InChI=1S/C20H24ClF3N2O3S/c1-30(28,29)26-9-4-12(10-26)18(27)25-17(15-14(22)3-2-13(21)16(15)23)19-5-7-20(24,11-19)8-6-19/h2-3,12,17H,4-11H2,1H3,(H,25,27). The van der Waals surface area contributed by atoms with Crippen LogP contribution < -0.4 is 5.32 Å². The van der Waals surface area contributed by atoms with E-state index in [9.17, 15) is 26.4 Å². The van der Waals surface area contributed by atoms with Crippen molar-refractivity contribution in [2.24, 2.45) is 11.3 Å². The number of carbonyl (C=O) groups excluding carboxylic acids is 1. The Balaban J connectivity index is 1.66. The Morgan fingerprint density at radius 3 is 2.47 bits per heavy atom. The molecular weight excluding hydrogens is 441 g/mol. The second-order valence-corrected chi connectivity index (χ2v) is 11.4. The third kappa shape index (κ3) is 3.73. The van der Waals surface area contributed by atoms with Crippen molar-refractivity contribution >= 4 is 27.5 Å². The van der Waals surface area contributed by atoms with Gasteiger partial charge in [0, 0.05) is 18.7 Å². The van der Waals surface area contributed by atoms with Gasteiger partial charge in [-0.25, -0.2) is 25.9 Å². The van der Waals surface area contributed by atoms with Crippen LogP contribution >= 0.6 is 11.6 Å². The summed E-state index contributed by atoms with van der Waals surface area (Å²) in [6, 6.07) is 1.08. The smallest absolute Gasteiger partial charge is 0.224 e. The van der Waals surface area contributed by atoms with Gasteiger partial charge in [-0.05, 0) is 56.1 Å². The van der Waals surface area contributed by atoms with Gasteiger partial charge in [0.25, 0.3) is 0 Å². The van der Waals surface area contributed by atoms with E-state index < -0.39 is 50.6 Å². The van der Waals surface area contributed by atoms with Gasteiger partial charge < -0.3 is 5.32 Å². The molecule has 1 saturated heterocycles. The molecule has 5 nitrogen and oxygen atoms in total. The highest BCUT2D eigenvalue weighted by Crippen LogP contribution is 2.63. The molecule has 0 radical (unpaired) electrons. The topological polar surface area (TPSA) is 66.5 Å². The minimum atomic E-state index is -3.44. The van der Waals surface area contributed by atoms with E-state index in [0.717, 1.165) is 18.4 Å². The van der Waals surface area contributed by atoms with Gasteiger partial charge in [0.1, 0.15) is 17.3 Å². The Morgan fingerprint density at radius 1 is 1.27 bits per heavy atom. The van der Waals surface area contributed by atoms with Crippen LogP contribution in [0.2, 0.25) is 5.02 Å². The molecule has 0 spiro atoms. The zero-order valence-corrected chi connectivity index (χ0v) is 18.1. The average Bonchev–Trinajstić information content (AvgIpc) is 3.37. The molecule has 2 unspecified atom stereocenters. The van der Waals surface area contributed by atoms with Gasteiger partial charge >= 0.3 is 0 Å². The lowest BCUT2D eigenvalue weighted by Gasteiger charge is -2.37. The highest BCUT2D eigenvalue weighted by Gasteiger charge is 2.59. The molecule has 2 aliphatic carbocycles. The van der Waals surface area contributed by atoms with Crippen molar-refractivity contribution in [1.29, 1.82) is 0 Å². The molecule has 166 valence electrons. The molecule has 0 aromatic heterocycles. The number of fused-ring (bicyclic) bond motifs is 2. The molecule has 1 aromatic carbocycles. The van der Waals surface area contributed by atoms with Crippen LogP contribution in [0, 0.1) is 23.0 Å². The van der Waals surface area contributed by atoms with Crippen LogP contribution in [0.15, 0.2) is 12.1 Å². The molecule has 4 rings (SSSR count). The van der Waals surface area contributed by atoms with Crippen molar-refractivity contribution < 1.29 is 26.4 Å². The number of halogens is 4. The summed E-state index contributed by atoms with van der Waals surface area (Å²) >= 11 is 5.89. The largest absolute Gasteiger partial charge is 0.348 e. The van der Waals surface area contributed by atoms with Crippen LogP contribution in [0.5, 0.6) is 0 Å². The minimum Gasteiger partial charge on any atom is -0.348 e. The molecule has 2 saturated carbocycles. The third-order valence-electron chi connectivity index (χ3n) is 7.07. The predicted octanol–water partition coefficient (Wildman–Crippen LogP) is 3.73. The molecule has 30 heavy (non-hydrogen) atoms. The summed E-state index contributed by atoms with van der Waals surface area (Å²) in [6.07, 6.45) is 2.88. The van der Waals surface area contributed by atoms with E-state index >= 15 is 0 Å². The number of hydrogen-bond acceptors (Lipinski definition) is 3. The fourth-order valence-corrected chi connectivity index (χ4v) is 6.47. The van der Waals surface area contributed by atoms with Crippen LogP contribution in [0.1, 0.15) is 50.1 Å². The summed E-state index contributed by atoms with van der Waals surface area (Å²) < 4.78 is 69.3. The number of hydrogen-bond donors (Lipinski definition) is 1. The zero-order valence-electron chi connectivity index (χ0n) is 16.6. The van der Waals surface area contributed by atoms with Crippen LogP contribution in [0.25, 0.3) is 0 Å². The number of benzene rings is 1. The van der Waals surface area contributed by atoms with Crippen molar-refractivity contribution in [3.8, 4) is 0 Å². The summed E-state index contributed by atoms with van der Waals surface area (Å²) in [6.45, 7) is 0.220. The maximum Gasteiger partial charge on any atom is 0.224 e. The summed E-state index contributed by atoms with van der Waals surface area (Å²) in [7, 11) is -3.44. The number of rotatable bonds is 5. The van der Waals surface area contributed by atoms with Crippen molar-refractivity contribution in [3.63, 3.8) is 0 Å². The van der Waals surface area contributed by atoms with Crippen LogP contribution in [0.3, 0.4) is 0 Å². The molecule has 3 fully saturated rings. The summed E-state index contributed by atoms with van der Waals surface area (Å²) in [5.41, 5.74) is -2.53. The first-order valence-corrected chi connectivity index (χ1v) is 12.2. The first-order valence-electron chi connectivity index (χ1n) is 10.0. The highest BCUT2D eigenvalue weighted by molar-refractivity contribution is 7.88. The molecule has 1 aromatic rings. The minimum absolute atomic E-state index is 0.0119. The number of alkyl halides is 1. The lowest BCUT2D eigenvalue weighted by molar-refractivity contribution is -0.126. The molecule has 1 aliphatic heterocycles. The van der Waals surface area contributed by atoms with Crippen molar-refractivity contribution in [1.82, 2.24) is 9.62 Å². The molecule has 2 atom stereocenters. The van der Waals surface area contributed by atoms with Gasteiger partial charge in [-0.2, -0.15) is 0 Å². The monoisotopic (exact) mass is 464 g/mol. The molecule has 1 heterocycles. The van der Waals surface area contributed by atoms with Gasteiger partial charge in [-0.3, -0.25) is 4.79 Å². The number of carbonyl (C=O) groups is 1. The lowest BCUT2D eigenvalue weighted by Crippen LogP contribution is -2.43. The Bertz CT molecular complexity index is 980. The maximum absolute atomic E-state index is 14.9. The first kappa shape index (κ1) is 21.9. The van der Waals surface area contributed by atoms with E-state index in [1.165, 1.54) is 4.31 Å². The van der Waals surface area contributed by atoms with Gasteiger partial charge in [0.2, 0.25) is 15.9 Å². The molecule has 1 amide bonds. The van der Waals surface area contributed by atoms with E-state index in [1.807, 2.05) is 0 Å². The van der Waals surface area contributed by atoms with Crippen LogP contribution in [-0.2, 0) is 14.8 Å². The van der Waals surface area contributed by atoms with Crippen molar-refractivity contribution in [2.75, 3.05) is 19.3 Å². The summed E-state index contributed by atoms with van der Waals surface area (Å²) in [5, 5.41) is 2.50. The molecule has 3 aliphatic rings. The van der Waals surface area contributed by atoms with E-state index in [0.29, 0.717) is 19.3 Å². The second kappa shape index (κ2) is 7.38. The number of sulfonamides is 1. The number of nitrogens with one attached hydrogen (secondary N) is 1. The van der Waals surface area contributed by atoms with E-state index in [2.05, 4.69) is 5.32 Å². The van der Waals surface area contributed by atoms with E-state index in [-0.39, 0.29) is 42.9 Å². The maximum atomic E-state index is 14.9. The summed E-state index contributed by atoms with van der Waals surface area (Å²) in [4.78, 5) is 13.0. The fourth-order valence-electron chi connectivity index (χ4n) is 5.41. The van der Waals surface area contributed by atoms with Gasteiger partial charge in [-0.15, -0.1) is 0 Å². The van der Waals surface area contributed by atoms with Crippen molar-refractivity contribution in [3.05, 3.63) is 34.4 Å². The Labute approximate surface area is 179 Å². The predicted molar refractivity (Wildman–Crippen MR) is 106 cm³/mol. The van der Waals surface area contributed by atoms with Gasteiger partial charge in [-0.1, -0.05) is 11.6 Å². The van der Waals surface area contributed by atoms with Gasteiger partial charge in [0.05, 0.1) is 23.2 Å². The summed E-state index contributed by atoms with van der Waals surface area (Å²) in [5.74, 6) is -2.92. The fraction of sp³-hybridized carbons (Fsp3) is 0.650. The Hall–Kier alpha value is -1.32. The molecule has 1 N–H and O–H groups in total. The number of nitrogens with zero attached hydrogens (tertiary/aromatic N) is 1. The second-order valence-electron chi connectivity index (χ2n) is 9.00. The van der Waals surface area contributed by atoms with Gasteiger partial charge in [0.15, 0.2) is 0 Å². The third-order valence-corrected chi connectivity index (χ3v) is 8.63.